The zero-order chi connectivity index (χ0) is 12.0. The Morgan fingerprint density at radius 2 is 2.44 bits per heavy atom. The molecular formula is C11H19N3O2. The molecule has 0 unspecified atom stereocenters. The maximum absolute atomic E-state index is 11.2. The van der Waals surface area contributed by atoms with Crippen LogP contribution in [0.25, 0.3) is 0 Å². The Kier molecular flexibility index (Phi) is 4.98. The summed E-state index contributed by atoms with van der Waals surface area (Å²) in [6.45, 7) is 5.47. The van der Waals surface area contributed by atoms with E-state index in [1.54, 1.807) is 6.92 Å². The van der Waals surface area contributed by atoms with Crippen molar-refractivity contribution < 1.29 is 9.53 Å². The minimum atomic E-state index is -0.296. The lowest BCUT2D eigenvalue weighted by Gasteiger charge is -2.12. The van der Waals surface area contributed by atoms with E-state index in [2.05, 4.69) is 26.5 Å². The summed E-state index contributed by atoms with van der Waals surface area (Å²) in [5.41, 5.74) is 1.08. The van der Waals surface area contributed by atoms with Gasteiger partial charge in [-0.05, 0) is 13.3 Å². The summed E-state index contributed by atoms with van der Waals surface area (Å²) in [7, 11) is 1.39. The van der Waals surface area contributed by atoms with Crippen LogP contribution in [0.3, 0.4) is 0 Å². The van der Waals surface area contributed by atoms with Crippen LogP contribution in [0.15, 0.2) is 12.5 Å². The summed E-state index contributed by atoms with van der Waals surface area (Å²) in [5, 5.41) is 3.10. The highest BCUT2D eigenvalue weighted by atomic mass is 16.5. The lowest BCUT2D eigenvalue weighted by molar-refractivity contribution is -0.142. The van der Waals surface area contributed by atoms with Gasteiger partial charge in [-0.2, -0.15) is 0 Å². The number of aryl methyl sites for hydroxylation is 1. The third-order valence-electron chi connectivity index (χ3n) is 2.41. The summed E-state index contributed by atoms with van der Waals surface area (Å²) in [5.74, 6) is -0.249. The molecule has 5 nitrogen and oxygen atoms in total. The number of esters is 1. The van der Waals surface area contributed by atoms with Gasteiger partial charge in [0.2, 0.25) is 0 Å². The zero-order valence-corrected chi connectivity index (χ0v) is 10.1. The van der Waals surface area contributed by atoms with Gasteiger partial charge in [-0.3, -0.25) is 10.1 Å². The molecule has 0 fully saturated rings. The first-order valence-electron chi connectivity index (χ1n) is 5.49. The van der Waals surface area contributed by atoms with Crippen molar-refractivity contribution in [3.05, 3.63) is 18.2 Å². The molecule has 0 saturated carbocycles. The number of hydrogen-bond acceptors (Lipinski definition) is 4. The minimum Gasteiger partial charge on any atom is -0.468 e. The number of imidazole rings is 1. The predicted octanol–water partition coefficient (Wildman–Crippen LogP) is 0.944. The zero-order valence-electron chi connectivity index (χ0n) is 10.1. The number of carbonyl (C=O) groups excluding carboxylic acids is 1. The second-order valence-corrected chi connectivity index (χ2v) is 3.70. The Labute approximate surface area is 95.8 Å². The van der Waals surface area contributed by atoms with E-state index in [0.717, 1.165) is 18.7 Å². The van der Waals surface area contributed by atoms with Gasteiger partial charge in [0.15, 0.2) is 0 Å². The van der Waals surface area contributed by atoms with Crippen LogP contribution >= 0.6 is 0 Å². The van der Waals surface area contributed by atoms with E-state index in [-0.39, 0.29) is 12.0 Å². The molecule has 1 heterocycles. The van der Waals surface area contributed by atoms with Crippen LogP contribution in [0, 0.1) is 0 Å². The average Bonchev–Trinajstić information content (AvgIpc) is 2.73. The van der Waals surface area contributed by atoms with E-state index < -0.39 is 0 Å². The lowest BCUT2D eigenvalue weighted by Crippen LogP contribution is -2.34. The van der Waals surface area contributed by atoms with Crippen molar-refractivity contribution in [3.8, 4) is 0 Å². The first-order chi connectivity index (χ1) is 7.69. The molecule has 0 aliphatic heterocycles. The normalized spacial score (nSPS) is 12.4. The van der Waals surface area contributed by atoms with Crippen LogP contribution in [-0.4, -0.2) is 28.7 Å². The van der Waals surface area contributed by atoms with E-state index in [9.17, 15) is 4.79 Å². The highest BCUT2D eigenvalue weighted by Crippen LogP contribution is 2.01. The van der Waals surface area contributed by atoms with Crippen LogP contribution in [0.1, 0.15) is 26.0 Å². The van der Waals surface area contributed by atoms with Gasteiger partial charge in [0, 0.05) is 19.3 Å². The summed E-state index contributed by atoms with van der Waals surface area (Å²) in [6, 6.07) is -0.296. The van der Waals surface area contributed by atoms with Gasteiger partial charge in [0.05, 0.1) is 19.1 Å². The lowest BCUT2D eigenvalue weighted by atomic mass is 10.3. The molecule has 1 atom stereocenters. The molecule has 0 aliphatic rings. The maximum Gasteiger partial charge on any atom is 0.322 e. The summed E-state index contributed by atoms with van der Waals surface area (Å²) < 4.78 is 6.72. The molecule has 5 heteroatoms. The Morgan fingerprint density at radius 3 is 3.06 bits per heavy atom. The smallest absolute Gasteiger partial charge is 0.322 e. The SMILES string of the molecule is CCCn1cncc1CN[C@@H](C)C(=O)OC. The molecule has 0 spiro atoms. The molecule has 1 N–H and O–H groups in total. The molecule has 0 amide bonds. The number of methoxy groups -OCH3 is 1. The highest BCUT2D eigenvalue weighted by Gasteiger charge is 2.12. The Hall–Kier alpha value is -1.36. The molecule has 90 valence electrons. The van der Waals surface area contributed by atoms with Crippen molar-refractivity contribution in [3.63, 3.8) is 0 Å². The van der Waals surface area contributed by atoms with Crippen LogP contribution in [0.4, 0.5) is 0 Å². The Morgan fingerprint density at radius 1 is 1.69 bits per heavy atom. The predicted molar refractivity (Wildman–Crippen MR) is 60.8 cm³/mol. The van der Waals surface area contributed by atoms with E-state index in [1.807, 2.05) is 12.5 Å². The Balaban J connectivity index is 2.47. The van der Waals surface area contributed by atoms with Crippen molar-refractivity contribution in [1.29, 1.82) is 0 Å². The van der Waals surface area contributed by atoms with Crippen molar-refractivity contribution >= 4 is 5.97 Å². The molecule has 16 heavy (non-hydrogen) atoms. The largest absolute Gasteiger partial charge is 0.468 e. The van der Waals surface area contributed by atoms with Gasteiger partial charge >= 0.3 is 5.97 Å². The van der Waals surface area contributed by atoms with E-state index in [1.165, 1.54) is 7.11 Å². The van der Waals surface area contributed by atoms with Crippen molar-refractivity contribution in [2.45, 2.75) is 39.4 Å². The second kappa shape index (κ2) is 6.27. The standard InChI is InChI=1S/C11H19N3O2/c1-4-5-14-8-12-6-10(14)7-13-9(2)11(15)16-3/h6,8-9,13H,4-5,7H2,1-3H3/t9-/m0/s1. The number of aromatic nitrogens is 2. The monoisotopic (exact) mass is 225 g/mol. The molecule has 0 aliphatic carbocycles. The first-order valence-corrected chi connectivity index (χ1v) is 5.49. The highest BCUT2D eigenvalue weighted by molar-refractivity contribution is 5.75. The molecule has 0 bridgehead atoms. The van der Waals surface area contributed by atoms with E-state index in [4.69, 9.17) is 0 Å². The van der Waals surface area contributed by atoms with Gasteiger partial charge in [-0.1, -0.05) is 6.92 Å². The fourth-order valence-corrected chi connectivity index (χ4v) is 1.46. The number of nitrogens with one attached hydrogen (secondary N) is 1. The third kappa shape index (κ3) is 3.34. The number of hydrogen-bond donors (Lipinski definition) is 1. The van der Waals surface area contributed by atoms with Crippen molar-refractivity contribution in [2.75, 3.05) is 7.11 Å². The molecule has 1 aromatic heterocycles. The molecule has 1 aromatic rings. The summed E-state index contributed by atoms with van der Waals surface area (Å²) >= 11 is 0. The van der Waals surface area contributed by atoms with Gasteiger partial charge in [-0.25, -0.2) is 4.98 Å². The third-order valence-corrected chi connectivity index (χ3v) is 2.41. The van der Waals surface area contributed by atoms with Crippen molar-refractivity contribution in [2.24, 2.45) is 0 Å². The molecule has 0 aromatic carbocycles. The van der Waals surface area contributed by atoms with Crippen LogP contribution in [-0.2, 0) is 22.6 Å². The van der Waals surface area contributed by atoms with Crippen LogP contribution < -0.4 is 5.32 Å². The minimum absolute atomic E-state index is 0.249. The van der Waals surface area contributed by atoms with Crippen LogP contribution in [0.2, 0.25) is 0 Å². The number of rotatable bonds is 6. The van der Waals surface area contributed by atoms with Gasteiger partial charge < -0.3 is 9.30 Å². The summed E-state index contributed by atoms with van der Waals surface area (Å²) in [6.07, 6.45) is 4.69. The number of carbonyl (C=O) groups is 1. The fraction of sp³-hybridized carbons (Fsp3) is 0.636. The molecular weight excluding hydrogens is 206 g/mol. The number of ether oxygens (including phenoxy) is 1. The van der Waals surface area contributed by atoms with Gasteiger partial charge in [0.25, 0.3) is 0 Å². The Bertz CT molecular complexity index is 336. The first kappa shape index (κ1) is 12.7. The molecule has 1 rings (SSSR count). The van der Waals surface area contributed by atoms with E-state index in [0.29, 0.717) is 6.54 Å². The average molecular weight is 225 g/mol. The van der Waals surface area contributed by atoms with Crippen molar-refractivity contribution in [1.82, 2.24) is 14.9 Å². The fourth-order valence-electron chi connectivity index (χ4n) is 1.46. The van der Waals surface area contributed by atoms with Gasteiger partial charge in [0.1, 0.15) is 6.04 Å². The van der Waals surface area contributed by atoms with Gasteiger partial charge in [-0.15, -0.1) is 0 Å². The number of nitrogens with zero attached hydrogens (tertiary/aromatic N) is 2. The topological polar surface area (TPSA) is 56.2 Å². The van der Waals surface area contributed by atoms with Crippen LogP contribution in [0.5, 0.6) is 0 Å². The molecule has 0 radical (unpaired) electrons. The summed E-state index contributed by atoms with van der Waals surface area (Å²) in [4.78, 5) is 15.3. The van der Waals surface area contributed by atoms with E-state index >= 15 is 0 Å². The quantitative estimate of drug-likeness (QED) is 0.732. The molecule has 0 saturated heterocycles. The second-order valence-electron chi connectivity index (χ2n) is 3.70. The maximum atomic E-state index is 11.2.